The lowest BCUT2D eigenvalue weighted by atomic mass is 9.82. The third-order valence-corrected chi connectivity index (χ3v) is 6.06. The van der Waals surface area contributed by atoms with Crippen LogP contribution in [0.15, 0.2) is 45.7 Å². The second-order valence-corrected chi connectivity index (χ2v) is 8.13. The molecule has 1 aliphatic rings. The van der Waals surface area contributed by atoms with E-state index in [4.69, 9.17) is 13.9 Å². The molecule has 1 aliphatic heterocycles. The van der Waals surface area contributed by atoms with Gasteiger partial charge in [0.15, 0.2) is 11.5 Å². The maximum atomic E-state index is 12.7. The molecule has 0 radical (unpaired) electrons. The Labute approximate surface area is 192 Å². The number of benzene rings is 2. The molecule has 0 bridgehead atoms. The van der Waals surface area contributed by atoms with Crippen LogP contribution in [0.2, 0.25) is 0 Å². The molecule has 0 spiro atoms. The Morgan fingerprint density at radius 1 is 1.24 bits per heavy atom. The zero-order chi connectivity index (χ0) is 24.1. The predicted octanol–water partition coefficient (Wildman–Crippen LogP) is 3.85. The third kappa shape index (κ3) is 3.24. The van der Waals surface area contributed by atoms with E-state index in [9.17, 15) is 19.5 Å². The molecule has 2 aromatic carbocycles. The summed E-state index contributed by atoms with van der Waals surface area (Å²) in [5.74, 6) is -1.54. The number of aromatic hydroxyl groups is 1. The molecule has 1 atom stereocenters. The Morgan fingerprint density at radius 2 is 1.97 bits per heavy atom. The summed E-state index contributed by atoms with van der Waals surface area (Å²) in [4.78, 5) is 37.5. The lowest BCUT2D eigenvalue weighted by Crippen LogP contribution is -2.24. The van der Waals surface area contributed by atoms with E-state index in [0.717, 1.165) is 5.56 Å². The molecule has 0 unspecified atom stereocenters. The number of nitrogens with one attached hydrogen (secondary N) is 1. The van der Waals surface area contributed by atoms with Crippen molar-refractivity contribution in [1.82, 2.24) is 10.2 Å². The summed E-state index contributed by atoms with van der Waals surface area (Å²) < 4.78 is 16.2. The van der Waals surface area contributed by atoms with Gasteiger partial charge >= 0.3 is 11.6 Å². The van der Waals surface area contributed by atoms with Gasteiger partial charge in [0.25, 0.3) is 0 Å². The highest BCUT2D eigenvalue weighted by Crippen LogP contribution is 2.50. The molecular formula is C25H20N2O7. The number of aromatic nitrogens is 2. The Balaban J connectivity index is 1.83. The van der Waals surface area contributed by atoms with Crippen molar-refractivity contribution >= 4 is 22.7 Å². The van der Waals surface area contributed by atoms with Crippen LogP contribution in [0.1, 0.15) is 46.3 Å². The summed E-state index contributed by atoms with van der Waals surface area (Å²) >= 11 is 0. The molecule has 0 saturated heterocycles. The third-order valence-electron chi connectivity index (χ3n) is 6.06. The second-order valence-electron chi connectivity index (χ2n) is 8.13. The number of fused-ring (bicyclic) bond motifs is 3. The number of methoxy groups -OCH3 is 1. The maximum Gasteiger partial charge on any atom is 0.336 e. The second kappa shape index (κ2) is 7.87. The molecule has 2 N–H and O–H groups in total. The number of phenolic OH excluding ortho intramolecular Hbond substituents is 1. The van der Waals surface area contributed by atoms with E-state index in [0.29, 0.717) is 28.1 Å². The fourth-order valence-electron chi connectivity index (χ4n) is 4.55. The fourth-order valence-corrected chi connectivity index (χ4v) is 4.55. The molecule has 172 valence electrons. The van der Waals surface area contributed by atoms with Crippen molar-refractivity contribution in [1.29, 1.82) is 0 Å². The molecule has 0 amide bonds. The average molecular weight is 460 g/mol. The van der Waals surface area contributed by atoms with Crippen LogP contribution in [0.25, 0.3) is 22.2 Å². The minimum atomic E-state index is -0.654. The highest BCUT2D eigenvalue weighted by atomic mass is 16.5. The zero-order valence-corrected chi connectivity index (χ0v) is 18.6. The number of rotatable bonds is 4. The van der Waals surface area contributed by atoms with E-state index < -0.39 is 29.0 Å². The van der Waals surface area contributed by atoms with Crippen LogP contribution in [0.3, 0.4) is 0 Å². The number of Topliss-reactive ketones (excluding diaryl/α,β-unsaturated/α-hetero) is 1. The van der Waals surface area contributed by atoms with Crippen molar-refractivity contribution in [3.63, 3.8) is 0 Å². The molecule has 9 heteroatoms. The van der Waals surface area contributed by atoms with E-state index >= 15 is 0 Å². The zero-order valence-electron chi connectivity index (χ0n) is 18.6. The van der Waals surface area contributed by atoms with Gasteiger partial charge in [-0.2, -0.15) is 5.10 Å². The van der Waals surface area contributed by atoms with Gasteiger partial charge in [-0.1, -0.05) is 0 Å². The lowest BCUT2D eigenvalue weighted by molar-refractivity contribution is -0.135. The first-order chi connectivity index (χ1) is 16.3. The molecule has 2 aromatic heterocycles. The van der Waals surface area contributed by atoms with Crippen LogP contribution in [-0.4, -0.2) is 34.2 Å². The molecule has 0 fully saturated rings. The Kier molecular flexibility index (Phi) is 4.97. The number of carbonyl (C=O) groups is 2. The molecular weight excluding hydrogens is 440 g/mol. The number of ketones is 1. The van der Waals surface area contributed by atoms with Crippen LogP contribution in [0.4, 0.5) is 0 Å². The Hall–Kier alpha value is -4.40. The number of esters is 1. The number of phenols is 1. The molecule has 34 heavy (non-hydrogen) atoms. The normalized spacial score (nSPS) is 15.1. The minimum Gasteiger partial charge on any atom is -0.506 e. The van der Waals surface area contributed by atoms with Gasteiger partial charge in [0.2, 0.25) is 0 Å². The van der Waals surface area contributed by atoms with Gasteiger partial charge in [-0.05, 0) is 43.7 Å². The average Bonchev–Trinajstić information content (AvgIpc) is 3.27. The van der Waals surface area contributed by atoms with Crippen molar-refractivity contribution in [2.24, 2.45) is 0 Å². The van der Waals surface area contributed by atoms with Crippen LogP contribution >= 0.6 is 0 Å². The number of carbonyl (C=O) groups excluding carboxylic acids is 2. The number of ether oxygens (including phenoxy) is 2. The van der Waals surface area contributed by atoms with Gasteiger partial charge in [-0.25, -0.2) is 4.79 Å². The molecule has 4 aromatic rings. The number of aryl methyl sites for hydroxylation is 1. The highest BCUT2D eigenvalue weighted by molar-refractivity contribution is 6.09. The highest BCUT2D eigenvalue weighted by Gasteiger charge is 2.38. The van der Waals surface area contributed by atoms with E-state index in [1.54, 1.807) is 32.4 Å². The van der Waals surface area contributed by atoms with E-state index in [1.165, 1.54) is 13.0 Å². The summed E-state index contributed by atoms with van der Waals surface area (Å²) in [5, 5.41) is 18.3. The van der Waals surface area contributed by atoms with Crippen molar-refractivity contribution in [2.45, 2.75) is 26.2 Å². The number of nitrogens with zero attached hydrogens (tertiary/aromatic N) is 1. The van der Waals surface area contributed by atoms with Gasteiger partial charge in [0.1, 0.15) is 22.6 Å². The number of aromatic amines is 1. The van der Waals surface area contributed by atoms with Gasteiger partial charge in [0.05, 0.1) is 30.8 Å². The SMILES string of the molecule is COc1ccc(-c2[nH]ncc2[C@H]2CC(=O)Oc3c(C(C)=O)c(O)c4c(C)cc(=O)oc4c32)cc1. The first kappa shape index (κ1) is 21.4. The smallest absolute Gasteiger partial charge is 0.336 e. The lowest BCUT2D eigenvalue weighted by Gasteiger charge is -2.27. The summed E-state index contributed by atoms with van der Waals surface area (Å²) in [6.45, 7) is 2.91. The predicted molar refractivity (Wildman–Crippen MR) is 122 cm³/mol. The monoisotopic (exact) mass is 460 g/mol. The fraction of sp³-hybridized carbons (Fsp3) is 0.200. The van der Waals surface area contributed by atoms with Crippen LogP contribution in [-0.2, 0) is 4.79 Å². The molecule has 3 heterocycles. The summed E-state index contributed by atoms with van der Waals surface area (Å²) in [6.07, 6.45) is 1.51. The van der Waals surface area contributed by atoms with Crippen LogP contribution in [0.5, 0.6) is 17.2 Å². The largest absolute Gasteiger partial charge is 0.506 e. The van der Waals surface area contributed by atoms with E-state index in [-0.39, 0.29) is 28.7 Å². The first-order valence-corrected chi connectivity index (χ1v) is 10.5. The number of H-pyrrole nitrogens is 1. The number of hydrogen-bond donors (Lipinski definition) is 2. The number of hydrogen-bond acceptors (Lipinski definition) is 8. The van der Waals surface area contributed by atoms with Crippen molar-refractivity contribution in [3.05, 3.63) is 69.2 Å². The standard InChI is InChI=1S/C25H20N2O7/c1-11-8-17(29)33-24-19(11)23(31)20(12(2)28)25-21(24)15(9-18(30)34-25)16-10-26-27-22(16)13-4-6-14(32-3)7-5-13/h4-8,10,15,31H,9H2,1-3H3,(H,26,27)/t15-/m1/s1. The minimum absolute atomic E-state index is 0.0712. The van der Waals surface area contributed by atoms with E-state index in [1.807, 2.05) is 12.1 Å². The summed E-state index contributed by atoms with van der Waals surface area (Å²) in [5.41, 5.74) is 2.18. The molecule has 0 saturated carbocycles. The van der Waals surface area contributed by atoms with Crippen molar-refractivity contribution in [3.8, 4) is 28.5 Å². The van der Waals surface area contributed by atoms with Gasteiger partial charge in [0, 0.05) is 28.7 Å². The summed E-state index contributed by atoms with van der Waals surface area (Å²) in [6, 6.07) is 8.53. The Bertz CT molecular complexity index is 1530. The first-order valence-electron chi connectivity index (χ1n) is 10.5. The molecule has 0 aliphatic carbocycles. The molecule has 9 nitrogen and oxygen atoms in total. The molecule has 5 rings (SSSR count). The van der Waals surface area contributed by atoms with Crippen molar-refractivity contribution < 1.29 is 28.6 Å². The topological polar surface area (TPSA) is 132 Å². The van der Waals surface area contributed by atoms with Crippen LogP contribution < -0.4 is 15.1 Å². The van der Waals surface area contributed by atoms with Crippen molar-refractivity contribution in [2.75, 3.05) is 7.11 Å². The quantitative estimate of drug-likeness (QED) is 0.203. The van der Waals surface area contributed by atoms with E-state index in [2.05, 4.69) is 10.2 Å². The summed E-state index contributed by atoms with van der Waals surface area (Å²) in [7, 11) is 1.57. The maximum absolute atomic E-state index is 12.7. The van der Waals surface area contributed by atoms with Gasteiger partial charge in [-0.3, -0.25) is 14.7 Å². The van der Waals surface area contributed by atoms with Crippen LogP contribution in [0, 0.1) is 6.92 Å². The Morgan fingerprint density at radius 3 is 2.65 bits per heavy atom. The van der Waals surface area contributed by atoms with Gasteiger partial charge in [-0.15, -0.1) is 0 Å². The van der Waals surface area contributed by atoms with Gasteiger partial charge < -0.3 is 19.0 Å².